The molecule has 0 bridgehead atoms. The van der Waals surface area contributed by atoms with Gasteiger partial charge in [0.1, 0.15) is 0 Å². The van der Waals surface area contributed by atoms with Crippen LogP contribution >= 0.6 is 11.6 Å². The van der Waals surface area contributed by atoms with Crippen LogP contribution < -0.4 is 0 Å². The van der Waals surface area contributed by atoms with Crippen LogP contribution in [0.1, 0.15) is 31.7 Å². The van der Waals surface area contributed by atoms with Crippen molar-refractivity contribution >= 4 is 17.6 Å². The predicted molar refractivity (Wildman–Crippen MR) is 71.6 cm³/mol. The second-order valence-corrected chi connectivity index (χ2v) is 4.53. The van der Waals surface area contributed by atoms with Crippen molar-refractivity contribution in [2.24, 2.45) is 0 Å². The van der Waals surface area contributed by atoms with Crippen molar-refractivity contribution in [1.82, 2.24) is 0 Å². The summed E-state index contributed by atoms with van der Waals surface area (Å²) in [7, 11) is 1.38. The molecule has 1 atom stereocenters. The molecule has 0 saturated heterocycles. The maximum atomic E-state index is 11.5. The van der Waals surface area contributed by atoms with E-state index in [2.05, 4.69) is 6.92 Å². The number of ether oxygens (including phenoxy) is 2. The standard InChI is InChI=1S/C14H19ClO3/c1-3-4-8-13(14(16)17-2)18-10-11-6-5-7-12(15)9-11/h5-7,9,13H,3-4,8,10H2,1-2H3. The third-order valence-corrected chi connectivity index (χ3v) is 2.86. The van der Waals surface area contributed by atoms with Gasteiger partial charge in [0.2, 0.25) is 0 Å². The number of halogens is 1. The molecule has 0 N–H and O–H groups in total. The monoisotopic (exact) mass is 270 g/mol. The molecule has 0 fully saturated rings. The molecule has 0 aliphatic rings. The highest BCUT2D eigenvalue weighted by atomic mass is 35.5. The van der Waals surface area contributed by atoms with Crippen LogP contribution in [0.2, 0.25) is 5.02 Å². The van der Waals surface area contributed by atoms with E-state index in [1.165, 1.54) is 7.11 Å². The van der Waals surface area contributed by atoms with Gasteiger partial charge in [0.25, 0.3) is 0 Å². The highest BCUT2D eigenvalue weighted by molar-refractivity contribution is 6.30. The van der Waals surface area contributed by atoms with Crippen molar-refractivity contribution in [1.29, 1.82) is 0 Å². The molecule has 1 aromatic rings. The van der Waals surface area contributed by atoms with Crippen molar-refractivity contribution in [3.8, 4) is 0 Å². The highest BCUT2D eigenvalue weighted by Gasteiger charge is 2.19. The number of hydrogen-bond acceptors (Lipinski definition) is 3. The zero-order valence-corrected chi connectivity index (χ0v) is 11.6. The first kappa shape index (κ1) is 15.0. The third kappa shape index (κ3) is 5.07. The van der Waals surface area contributed by atoms with Gasteiger partial charge in [0.05, 0.1) is 13.7 Å². The van der Waals surface area contributed by atoms with Gasteiger partial charge in [0.15, 0.2) is 6.10 Å². The molecule has 0 saturated carbocycles. The van der Waals surface area contributed by atoms with Gasteiger partial charge in [0, 0.05) is 5.02 Å². The van der Waals surface area contributed by atoms with E-state index in [9.17, 15) is 4.79 Å². The molecule has 0 spiro atoms. The van der Waals surface area contributed by atoms with Gasteiger partial charge >= 0.3 is 5.97 Å². The summed E-state index contributed by atoms with van der Waals surface area (Å²) >= 11 is 5.89. The molecule has 100 valence electrons. The molecule has 0 heterocycles. The average molecular weight is 271 g/mol. The van der Waals surface area contributed by atoms with Crippen LogP contribution in [-0.2, 0) is 20.9 Å². The Balaban J connectivity index is 2.53. The maximum Gasteiger partial charge on any atom is 0.334 e. The van der Waals surface area contributed by atoms with E-state index in [0.717, 1.165) is 18.4 Å². The number of esters is 1. The minimum Gasteiger partial charge on any atom is -0.467 e. The van der Waals surface area contributed by atoms with E-state index in [4.69, 9.17) is 21.1 Å². The van der Waals surface area contributed by atoms with Gasteiger partial charge < -0.3 is 9.47 Å². The molecule has 3 nitrogen and oxygen atoms in total. The Morgan fingerprint density at radius 1 is 1.44 bits per heavy atom. The number of carbonyl (C=O) groups is 1. The molecule has 0 aliphatic carbocycles. The largest absolute Gasteiger partial charge is 0.467 e. The normalized spacial score (nSPS) is 12.2. The van der Waals surface area contributed by atoms with Gasteiger partial charge in [-0.1, -0.05) is 43.5 Å². The number of benzene rings is 1. The van der Waals surface area contributed by atoms with Crippen LogP contribution in [0.5, 0.6) is 0 Å². The van der Waals surface area contributed by atoms with Crippen LogP contribution in [0.3, 0.4) is 0 Å². The molecular weight excluding hydrogens is 252 g/mol. The van der Waals surface area contributed by atoms with E-state index >= 15 is 0 Å². The fraction of sp³-hybridized carbons (Fsp3) is 0.500. The van der Waals surface area contributed by atoms with E-state index in [1.807, 2.05) is 18.2 Å². The Morgan fingerprint density at radius 3 is 2.83 bits per heavy atom. The Hall–Kier alpha value is -1.06. The molecule has 0 amide bonds. The molecule has 4 heteroatoms. The van der Waals surface area contributed by atoms with Crippen LogP contribution in [-0.4, -0.2) is 19.2 Å². The maximum absolute atomic E-state index is 11.5. The lowest BCUT2D eigenvalue weighted by atomic mass is 10.1. The zero-order chi connectivity index (χ0) is 13.4. The average Bonchev–Trinajstić information content (AvgIpc) is 2.38. The molecule has 1 rings (SSSR count). The SMILES string of the molecule is CCCCC(OCc1cccc(Cl)c1)C(=O)OC. The summed E-state index contributed by atoms with van der Waals surface area (Å²) in [6, 6.07) is 7.41. The Labute approximate surface area is 113 Å². The predicted octanol–water partition coefficient (Wildman–Crippen LogP) is 3.59. The summed E-state index contributed by atoms with van der Waals surface area (Å²) in [4.78, 5) is 11.5. The second-order valence-electron chi connectivity index (χ2n) is 4.09. The fourth-order valence-corrected chi connectivity index (χ4v) is 1.83. The molecule has 0 aromatic heterocycles. The van der Waals surface area contributed by atoms with Crippen molar-refractivity contribution in [2.45, 2.75) is 38.9 Å². The lowest BCUT2D eigenvalue weighted by Crippen LogP contribution is -2.25. The summed E-state index contributed by atoms with van der Waals surface area (Å²) in [5.41, 5.74) is 0.952. The molecule has 0 aliphatic heterocycles. The number of hydrogen-bond donors (Lipinski definition) is 0. The van der Waals surface area contributed by atoms with Crippen molar-refractivity contribution in [3.05, 3.63) is 34.9 Å². The lowest BCUT2D eigenvalue weighted by molar-refractivity contribution is -0.155. The first-order valence-corrected chi connectivity index (χ1v) is 6.49. The van der Waals surface area contributed by atoms with Crippen molar-refractivity contribution in [3.63, 3.8) is 0 Å². The molecule has 18 heavy (non-hydrogen) atoms. The smallest absolute Gasteiger partial charge is 0.334 e. The van der Waals surface area contributed by atoms with Gasteiger partial charge in [-0.15, -0.1) is 0 Å². The Morgan fingerprint density at radius 2 is 2.22 bits per heavy atom. The molecule has 0 radical (unpaired) electrons. The first-order valence-electron chi connectivity index (χ1n) is 6.11. The number of rotatable bonds is 7. The molecule has 1 aromatic carbocycles. The van der Waals surface area contributed by atoms with Crippen LogP contribution in [0.25, 0.3) is 0 Å². The van der Waals surface area contributed by atoms with Gasteiger partial charge in [-0.2, -0.15) is 0 Å². The first-order chi connectivity index (χ1) is 8.67. The fourth-order valence-electron chi connectivity index (χ4n) is 1.61. The van der Waals surface area contributed by atoms with Gasteiger partial charge in [-0.3, -0.25) is 0 Å². The van der Waals surface area contributed by atoms with Crippen molar-refractivity contribution < 1.29 is 14.3 Å². The number of carbonyl (C=O) groups excluding carboxylic acids is 1. The van der Waals surface area contributed by atoms with Crippen LogP contribution in [0.4, 0.5) is 0 Å². The van der Waals surface area contributed by atoms with Gasteiger partial charge in [-0.25, -0.2) is 4.79 Å². The second kappa shape index (κ2) is 8.11. The topological polar surface area (TPSA) is 35.5 Å². The van der Waals surface area contributed by atoms with Crippen LogP contribution in [0, 0.1) is 0 Å². The quantitative estimate of drug-likeness (QED) is 0.711. The van der Waals surface area contributed by atoms with E-state index in [-0.39, 0.29) is 5.97 Å². The minimum atomic E-state index is -0.492. The Kier molecular flexibility index (Phi) is 6.76. The molecular formula is C14H19ClO3. The van der Waals surface area contributed by atoms with Crippen molar-refractivity contribution in [2.75, 3.05) is 7.11 Å². The number of unbranched alkanes of at least 4 members (excludes halogenated alkanes) is 1. The minimum absolute atomic E-state index is 0.314. The summed E-state index contributed by atoms with van der Waals surface area (Å²) in [6.45, 7) is 2.44. The number of methoxy groups -OCH3 is 1. The van der Waals surface area contributed by atoms with Gasteiger partial charge in [-0.05, 0) is 24.1 Å². The zero-order valence-electron chi connectivity index (χ0n) is 10.8. The molecule has 1 unspecified atom stereocenters. The summed E-state index contributed by atoms with van der Waals surface area (Å²) in [6.07, 6.45) is 2.15. The third-order valence-electron chi connectivity index (χ3n) is 2.62. The van der Waals surface area contributed by atoms with Crippen LogP contribution in [0.15, 0.2) is 24.3 Å². The van der Waals surface area contributed by atoms with E-state index < -0.39 is 6.10 Å². The highest BCUT2D eigenvalue weighted by Crippen LogP contribution is 2.14. The van der Waals surface area contributed by atoms with E-state index in [1.54, 1.807) is 6.07 Å². The summed E-state index contributed by atoms with van der Waals surface area (Å²) < 4.78 is 10.3. The van der Waals surface area contributed by atoms with E-state index in [0.29, 0.717) is 18.1 Å². The summed E-state index contributed by atoms with van der Waals surface area (Å²) in [5.74, 6) is -0.314. The lowest BCUT2D eigenvalue weighted by Gasteiger charge is -2.15. The Bertz CT molecular complexity index is 379. The summed E-state index contributed by atoms with van der Waals surface area (Å²) in [5, 5.41) is 0.666.